The summed E-state index contributed by atoms with van der Waals surface area (Å²) >= 11 is 5.66. The molecule has 0 amide bonds. The van der Waals surface area contributed by atoms with E-state index in [0.29, 0.717) is 10.7 Å². The molecule has 0 aromatic carbocycles. The Hall–Kier alpha value is -1.09. The number of hydrogen-bond donors (Lipinski definition) is 1. The molecule has 0 unspecified atom stereocenters. The Bertz CT molecular complexity index is 286. The van der Waals surface area contributed by atoms with Gasteiger partial charge in [-0.1, -0.05) is 16.8 Å². The van der Waals surface area contributed by atoms with Gasteiger partial charge in [0, 0.05) is 11.8 Å². The quantitative estimate of drug-likeness (QED) is 0.303. The minimum atomic E-state index is 0.341. The molecule has 1 aromatic heterocycles. The highest BCUT2D eigenvalue weighted by molar-refractivity contribution is 6.31. The number of halogens is 1. The van der Waals surface area contributed by atoms with Gasteiger partial charge in [-0.15, -0.1) is 0 Å². The standard InChI is InChI=1S/C7H7ClN2O/c1-5-2-6(4-10-11)7(8)9-3-5/h2-4,11H,1H3. The van der Waals surface area contributed by atoms with Crippen LogP contribution in [0.3, 0.4) is 0 Å². The molecule has 0 radical (unpaired) electrons. The van der Waals surface area contributed by atoms with Gasteiger partial charge in [-0.05, 0) is 18.6 Å². The molecule has 0 spiro atoms. The van der Waals surface area contributed by atoms with E-state index in [-0.39, 0.29) is 0 Å². The molecule has 0 saturated carbocycles. The first-order valence-corrected chi connectivity index (χ1v) is 3.41. The van der Waals surface area contributed by atoms with Crippen LogP contribution in [0.1, 0.15) is 11.1 Å². The Balaban J connectivity index is 3.12. The fourth-order valence-electron chi connectivity index (χ4n) is 0.728. The number of pyridine rings is 1. The van der Waals surface area contributed by atoms with Gasteiger partial charge in [-0.25, -0.2) is 4.98 Å². The molecular weight excluding hydrogens is 164 g/mol. The summed E-state index contributed by atoms with van der Waals surface area (Å²) < 4.78 is 0. The summed E-state index contributed by atoms with van der Waals surface area (Å²) in [6.07, 6.45) is 2.90. The van der Waals surface area contributed by atoms with E-state index >= 15 is 0 Å². The van der Waals surface area contributed by atoms with Crippen molar-refractivity contribution in [3.8, 4) is 0 Å². The van der Waals surface area contributed by atoms with E-state index in [9.17, 15) is 0 Å². The second kappa shape index (κ2) is 3.34. The molecule has 1 N–H and O–H groups in total. The maximum absolute atomic E-state index is 8.22. The van der Waals surface area contributed by atoms with E-state index in [0.717, 1.165) is 5.56 Å². The van der Waals surface area contributed by atoms with Gasteiger partial charge < -0.3 is 5.21 Å². The van der Waals surface area contributed by atoms with Crippen molar-refractivity contribution in [1.29, 1.82) is 0 Å². The monoisotopic (exact) mass is 170 g/mol. The predicted molar refractivity (Wildman–Crippen MR) is 43.4 cm³/mol. The van der Waals surface area contributed by atoms with Gasteiger partial charge in [-0.2, -0.15) is 0 Å². The van der Waals surface area contributed by atoms with Gasteiger partial charge in [0.05, 0.1) is 6.21 Å². The van der Waals surface area contributed by atoms with Crippen LogP contribution in [0.5, 0.6) is 0 Å². The molecule has 0 fully saturated rings. The Morgan fingerprint density at radius 1 is 1.73 bits per heavy atom. The summed E-state index contributed by atoms with van der Waals surface area (Å²) in [5.74, 6) is 0. The summed E-state index contributed by atoms with van der Waals surface area (Å²) in [5.41, 5.74) is 1.60. The number of aryl methyl sites for hydroxylation is 1. The smallest absolute Gasteiger partial charge is 0.137 e. The number of oxime groups is 1. The molecule has 1 rings (SSSR count). The molecule has 0 bridgehead atoms. The van der Waals surface area contributed by atoms with Crippen molar-refractivity contribution >= 4 is 17.8 Å². The van der Waals surface area contributed by atoms with Crippen LogP contribution >= 0.6 is 11.6 Å². The van der Waals surface area contributed by atoms with Crippen LogP contribution in [-0.2, 0) is 0 Å². The van der Waals surface area contributed by atoms with Crippen molar-refractivity contribution in [2.75, 3.05) is 0 Å². The van der Waals surface area contributed by atoms with E-state index < -0.39 is 0 Å². The summed E-state index contributed by atoms with van der Waals surface area (Å²) in [6.45, 7) is 1.89. The lowest BCUT2D eigenvalue weighted by molar-refractivity contribution is 0.322. The van der Waals surface area contributed by atoms with E-state index in [2.05, 4.69) is 10.1 Å². The third kappa shape index (κ3) is 1.91. The van der Waals surface area contributed by atoms with E-state index in [4.69, 9.17) is 16.8 Å². The van der Waals surface area contributed by atoms with Crippen molar-refractivity contribution in [3.63, 3.8) is 0 Å². The minimum absolute atomic E-state index is 0.341. The molecule has 0 atom stereocenters. The third-order valence-electron chi connectivity index (χ3n) is 1.20. The van der Waals surface area contributed by atoms with Crippen LogP contribution < -0.4 is 0 Å². The summed E-state index contributed by atoms with van der Waals surface area (Å²) in [4.78, 5) is 3.86. The lowest BCUT2D eigenvalue weighted by Gasteiger charge is -1.96. The number of hydrogen-bond acceptors (Lipinski definition) is 3. The molecule has 0 aliphatic rings. The molecule has 0 saturated heterocycles. The van der Waals surface area contributed by atoms with Gasteiger partial charge in [0.2, 0.25) is 0 Å². The number of aromatic nitrogens is 1. The second-order valence-electron chi connectivity index (χ2n) is 2.14. The maximum Gasteiger partial charge on any atom is 0.137 e. The fraction of sp³-hybridized carbons (Fsp3) is 0.143. The molecule has 1 heterocycles. The van der Waals surface area contributed by atoms with Crippen molar-refractivity contribution in [2.45, 2.75) is 6.92 Å². The van der Waals surface area contributed by atoms with Gasteiger partial charge in [0.15, 0.2) is 0 Å². The highest BCUT2D eigenvalue weighted by Gasteiger charge is 1.97. The Morgan fingerprint density at radius 3 is 3.09 bits per heavy atom. The zero-order chi connectivity index (χ0) is 8.27. The average Bonchev–Trinajstić information content (AvgIpc) is 1.98. The largest absolute Gasteiger partial charge is 0.411 e. The van der Waals surface area contributed by atoms with Crippen molar-refractivity contribution in [3.05, 3.63) is 28.5 Å². The lowest BCUT2D eigenvalue weighted by atomic mass is 10.2. The fourth-order valence-corrected chi connectivity index (χ4v) is 0.880. The molecule has 4 heteroatoms. The Morgan fingerprint density at radius 2 is 2.45 bits per heavy atom. The first-order valence-electron chi connectivity index (χ1n) is 3.03. The topological polar surface area (TPSA) is 45.5 Å². The number of rotatable bonds is 1. The summed E-state index contributed by atoms with van der Waals surface area (Å²) in [7, 11) is 0. The molecule has 0 aliphatic heterocycles. The van der Waals surface area contributed by atoms with Crippen molar-refractivity contribution in [2.24, 2.45) is 5.16 Å². The lowest BCUT2D eigenvalue weighted by Crippen LogP contribution is -1.87. The maximum atomic E-state index is 8.22. The Kier molecular flexibility index (Phi) is 2.44. The van der Waals surface area contributed by atoms with E-state index in [1.807, 2.05) is 6.92 Å². The normalized spacial score (nSPS) is 10.7. The highest BCUT2D eigenvalue weighted by Crippen LogP contribution is 2.11. The highest BCUT2D eigenvalue weighted by atomic mass is 35.5. The molecule has 3 nitrogen and oxygen atoms in total. The summed E-state index contributed by atoms with van der Waals surface area (Å²) in [5, 5.41) is 11.4. The van der Waals surface area contributed by atoms with Crippen LogP contribution in [0.25, 0.3) is 0 Å². The molecular formula is C7H7ClN2O. The number of nitrogens with zero attached hydrogens (tertiary/aromatic N) is 2. The van der Waals surface area contributed by atoms with E-state index in [1.54, 1.807) is 12.3 Å². The van der Waals surface area contributed by atoms with Gasteiger partial charge in [0.25, 0.3) is 0 Å². The molecule has 11 heavy (non-hydrogen) atoms. The van der Waals surface area contributed by atoms with Crippen LogP contribution in [0.4, 0.5) is 0 Å². The van der Waals surface area contributed by atoms with Crippen LogP contribution in [0, 0.1) is 6.92 Å². The van der Waals surface area contributed by atoms with Crippen molar-refractivity contribution in [1.82, 2.24) is 4.98 Å². The second-order valence-corrected chi connectivity index (χ2v) is 2.50. The first kappa shape index (κ1) is 8.01. The predicted octanol–water partition coefficient (Wildman–Crippen LogP) is 1.85. The van der Waals surface area contributed by atoms with Crippen LogP contribution in [0.2, 0.25) is 5.15 Å². The third-order valence-corrected chi connectivity index (χ3v) is 1.52. The zero-order valence-corrected chi connectivity index (χ0v) is 6.71. The minimum Gasteiger partial charge on any atom is -0.411 e. The van der Waals surface area contributed by atoms with Gasteiger partial charge in [-0.3, -0.25) is 0 Å². The summed E-state index contributed by atoms with van der Waals surface area (Å²) in [6, 6.07) is 1.79. The van der Waals surface area contributed by atoms with Crippen molar-refractivity contribution < 1.29 is 5.21 Å². The SMILES string of the molecule is Cc1cnc(Cl)c(C=NO)c1. The van der Waals surface area contributed by atoms with Crippen LogP contribution in [0.15, 0.2) is 17.4 Å². The molecule has 58 valence electrons. The molecule has 1 aromatic rings. The van der Waals surface area contributed by atoms with Gasteiger partial charge >= 0.3 is 0 Å². The Labute approximate surface area is 69.3 Å². The zero-order valence-electron chi connectivity index (χ0n) is 5.95. The van der Waals surface area contributed by atoms with E-state index in [1.165, 1.54) is 6.21 Å². The van der Waals surface area contributed by atoms with Gasteiger partial charge in [0.1, 0.15) is 5.15 Å². The van der Waals surface area contributed by atoms with Crippen LogP contribution in [-0.4, -0.2) is 16.4 Å². The average molecular weight is 171 g/mol. The molecule has 0 aliphatic carbocycles. The first-order chi connectivity index (χ1) is 5.24.